The molecule has 0 unspecified atom stereocenters. The molecule has 0 aromatic heterocycles. The van der Waals surface area contributed by atoms with Crippen molar-refractivity contribution in [2.45, 2.75) is 64.6 Å². The smallest absolute Gasteiger partial charge is 0.405 e. The minimum absolute atomic E-state index is 0.141. The molecule has 1 aliphatic carbocycles. The van der Waals surface area contributed by atoms with Gasteiger partial charge < -0.3 is 34.7 Å². The number of allylic oxidation sites excluding steroid dienone is 5. The van der Waals surface area contributed by atoms with Crippen molar-refractivity contribution in [2.75, 3.05) is 28.4 Å². The average Bonchev–Trinajstić information content (AvgIpc) is 2.91. The Bertz CT molecular complexity index is 1150. The molecular weight excluding hydrogens is 532 g/mol. The van der Waals surface area contributed by atoms with E-state index in [4.69, 9.17) is 29.4 Å². The van der Waals surface area contributed by atoms with E-state index in [1.165, 1.54) is 26.4 Å². The van der Waals surface area contributed by atoms with Crippen molar-refractivity contribution in [3.05, 3.63) is 58.9 Å². The molecule has 7 atom stereocenters. The van der Waals surface area contributed by atoms with E-state index in [1.54, 1.807) is 40.2 Å². The molecule has 2 aliphatic rings. The molecule has 2 bridgehead atoms. The molecule has 0 saturated carbocycles. The van der Waals surface area contributed by atoms with Crippen LogP contribution in [0.5, 0.6) is 0 Å². The first-order valence-corrected chi connectivity index (χ1v) is 13.3. The van der Waals surface area contributed by atoms with Gasteiger partial charge in [-0.1, -0.05) is 38.2 Å². The molecule has 11 nitrogen and oxygen atoms in total. The molecule has 0 saturated heterocycles. The third kappa shape index (κ3) is 8.80. The largest absolute Gasteiger partial charge is 0.439 e. The van der Waals surface area contributed by atoms with Crippen LogP contribution < -0.4 is 11.1 Å². The summed E-state index contributed by atoms with van der Waals surface area (Å²) in [7, 11) is 6.05. The highest BCUT2D eigenvalue weighted by Gasteiger charge is 2.36. The quantitative estimate of drug-likeness (QED) is 0.373. The molecular formula is C30H42N2O9. The summed E-state index contributed by atoms with van der Waals surface area (Å²) in [6, 6.07) is 0. The Morgan fingerprint density at radius 3 is 2.20 bits per heavy atom. The fraction of sp³-hybridized carbons (Fsp3) is 0.533. The van der Waals surface area contributed by atoms with Crippen LogP contribution >= 0.6 is 0 Å². The predicted octanol–water partition coefficient (Wildman–Crippen LogP) is 2.71. The van der Waals surface area contributed by atoms with E-state index < -0.39 is 54.1 Å². The van der Waals surface area contributed by atoms with E-state index in [1.807, 2.05) is 19.9 Å². The van der Waals surface area contributed by atoms with Gasteiger partial charge in [0.2, 0.25) is 5.78 Å². The average molecular weight is 575 g/mol. The van der Waals surface area contributed by atoms with Gasteiger partial charge in [0.05, 0.1) is 24.0 Å². The maximum atomic E-state index is 13.4. The Morgan fingerprint density at radius 1 is 0.951 bits per heavy atom. The van der Waals surface area contributed by atoms with Crippen LogP contribution in [0.3, 0.4) is 0 Å². The second-order valence-corrected chi connectivity index (χ2v) is 10.2. The Kier molecular flexibility index (Phi) is 12.8. The van der Waals surface area contributed by atoms with Crippen molar-refractivity contribution in [1.29, 1.82) is 0 Å². The topological polar surface area (TPSA) is 152 Å². The molecule has 226 valence electrons. The lowest BCUT2D eigenvalue weighted by Crippen LogP contribution is -2.41. The molecule has 3 N–H and O–H groups in total. The minimum atomic E-state index is -0.972. The highest BCUT2D eigenvalue weighted by Crippen LogP contribution is 2.30. The van der Waals surface area contributed by atoms with Crippen molar-refractivity contribution in [3.63, 3.8) is 0 Å². The Hall–Kier alpha value is -3.38. The highest BCUT2D eigenvalue weighted by molar-refractivity contribution is 6.22. The zero-order chi connectivity index (χ0) is 30.9. The van der Waals surface area contributed by atoms with Gasteiger partial charge in [0.1, 0.15) is 6.10 Å². The maximum Gasteiger partial charge on any atom is 0.405 e. The monoisotopic (exact) mass is 574 g/mol. The predicted molar refractivity (Wildman–Crippen MR) is 152 cm³/mol. The van der Waals surface area contributed by atoms with Crippen molar-refractivity contribution >= 4 is 23.6 Å². The van der Waals surface area contributed by atoms with Crippen LogP contribution in [0.15, 0.2) is 58.9 Å². The summed E-state index contributed by atoms with van der Waals surface area (Å²) in [5, 5.41) is 2.54. The van der Waals surface area contributed by atoms with Crippen LogP contribution in [-0.4, -0.2) is 82.5 Å². The second kappa shape index (κ2) is 15.6. The van der Waals surface area contributed by atoms with E-state index in [0.717, 1.165) is 6.08 Å². The van der Waals surface area contributed by atoms with Gasteiger partial charge in [-0.25, -0.2) is 4.79 Å². The number of ether oxygens (including phenoxy) is 5. The van der Waals surface area contributed by atoms with Crippen molar-refractivity contribution < 1.29 is 42.9 Å². The fourth-order valence-corrected chi connectivity index (χ4v) is 5.21. The lowest BCUT2D eigenvalue weighted by atomic mass is 9.84. The van der Waals surface area contributed by atoms with Gasteiger partial charge in [0.25, 0.3) is 5.91 Å². The SMILES string of the molecule is CO[C@@H]1[C@@H](OC)C[C@H](C)[C@@H](OC)C2=CC(=O)C=C(NC(=O)/C(C)=C/C=C/[C@H](OC)[C@@H](OC(N)=O)/C(C)=C/[C@@H]1C)C2=O. The molecule has 2 amide bonds. The Balaban J connectivity index is 2.66. The Labute approximate surface area is 241 Å². The van der Waals surface area contributed by atoms with E-state index in [2.05, 4.69) is 5.32 Å². The number of ketones is 2. The Morgan fingerprint density at radius 2 is 1.63 bits per heavy atom. The number of nitrogens with two attached hydrogens (primary N) is 1. The van der Waals surface area contributed by atoms with E-state index in [-0.39, 0.29) is 28.7 Å². The van der Waals surface area contributed by atoms with Gasteiger partial charge in [-0.3, -0.25) is 14.4 Å². The second-order valence-electron chi connectivity index (χ2n) is 10.2. The van der Waals surface area contributed by atoms with Crippen LogP contribution in [0.2, 0.25) is 0 Å². The first kappa shape index (κ1) is 33.8. The minimum Gasteiger partial charge on any atom is -0.439 e. The van der Waals surface area contributed by atoms with Gasteiger partial charge in [0.15, 0.2) is 11.9 Å². The van der Waals surface area contributed by atoms with Gasteiger partial charge in [0, 0.05) is 51.6 Å². The number of carbonyl (C=O) groups excluding carboxylic acids is 4. The summed E-state index contributed by atoms with van der Waals surface area (Å²) < 4.78 is 28.4. The van der Waals surface area contributed by atoms with Crippen LogP contribution in [-0.2, 0) is 38.1 Å². The summed E-state index contributed by atoms with van der Waals surface area (Å²) in [6.07, 6.45) is 5.11. The molecule has 11 heteroatoms. The van der Waals surface area contributed by atoms with Gasteiger partial charge in [-0.2, -0.15) is 0 Å². The zero-order valence-corrected chi connectivity index (χ0v) is 25.0. The van der Waals surface area contributed by atoms with Crippen molar-refractivity contribution in [1.82, 2.24) is 5.32 Å². The lowest BCUT2D eigenvalue weighted by Gasteiger charge is -2.34. The van der Waals surface area contributed by atoms with Crippen LogP contribution in [0.25, 0.3) is 0 Å². The molecule has 0 aromatic carbocycles. The fourth-order valence-electron chi connectivity index (χ4n) is 5.21. The third-order valence-electron chi connectivity index (χ3n) is 7.27. The normalized spacial score (nSPS) is 33.9. The van der Waals surface area contributed by atoms with Crippen molar-refractivity contribution in [3.8, 4) is 0 Å². The lowest BCUT2D eigenvalue weighted by molar-refractivity contribution is -0.120. The zero-order valence-electron chi connectivity index (χ0n) is 25.0. The number of carbonyl (C=O) groups is 4. The molecule has 0 aromatic rings. The maximum absolute atomic E-state index is 13.4. The van der Waals surface area contributed by atoms with Gasteiger partial charge in [-0.15, -0.1) is 0 Å². The molecule has 2 rings (SSSR count). The number of nitrogens with one attached hydrogen (secondary N) is 1. The standard InChI is InChI=1S/C30H42N2O9/c1-16-10-9-11-23(37-5)28(41-30(31)36)18(3)12-17(2)27(40-8)24(38-6)13-19(4)26(39-7)21-14-20(33)15-22(25(21)34)32-29(16)35/h9-12,14-15,17,19,23-24,26-28H,13H2,1-8H3,(H2,31,36)(H,32,35)/b11-9+,16-10+,18-12+/t17-,19-,23-,24-,26+,27-,28-/m0/s1. The number of fused-ring (bicyclic) bond motifs is 2. The van der Waals surface area contributed by atoms with E-state index in [0.29, 0.717) is 12.0 Å². The van der Waals surface area contributed by atoms with Gasteiger partial charge >= 0.3 is 6.09 Å². The van der Waals surface area contributed by atoms with Crippen LogP contribution in [0, 0.1) is 11.8 Å². The highest BCUT2D eigenvalue weighted by atomic mass is 16.6. The number of Topliss-reactive ketones (excluding diaryl/α,β-unsaturated/α-hetero) is 1. The number of hydrogen-bond donors (Lipinski definition) is 2. The first-order chi connectivity index (χ1) is 19.4. The number of primary amides is 1. The number of amides is 2. The molecule has 0 radical (unpaired) electrons. The van der Waals surface area contributed by atoms with E-state index in [9.17, 15) is 19.2 Å². The molecule has 0 fully saturated rings. The third-order valence-corrected chi connectivity index (χ3v) is 7.27. The summed E-state index contributed by atoms with van der Waals surface area (Å²) in [5.74, 6) is -2.04. The summed E-state index contributed by atoms with van der Waals surface area (Å²) in [4.78, 5) is 50.6. The van der Waals surface area contributed by atoms with Crippen molar-refractivity contribution in [2.24, 2.45) is 17.6 Å². The summed E-state index contributed by atoms with van der Waals surface area (Å²) >= 11 is 0. The summed E-state index contributed by atoms with van der Waals surface area (Å²) in [5.41, 5.74) is 6.29. The van der Waals surface area contributed by atoms with Crippen LogP contribution in [0.4, 0.5) is 4.79 Å². The number of hydrogen-bond acceptors (Lipinski definition) is 9. The molecule has 1 heterocycles. The molecule has 41 heavy (non-hydrogen) atoms. The van der Waals surface area contributed by atoms with E-state index >= 15 is 0 Å². The molecule has 0 spiro atoms. The number of rotatable bonds is 5. The van der Waals surface area contributed by atoms with Gasteiger partial charge in [-0.05, 0) is 37.8 Å². The number of methoxy groups -OCH3 is 4. The summed E-state index contributed by atoms with van der Waals surface area (Å²) in [6.45, 7) is 7.17. The molecule has 1 aliphatic heterocycles. The first-order valence-electron chi connectivity index (χ1n) is 13.3. The van der Waals surface area contributed by atoms with Crippen LogP contribution in [0.1, 0.15) is 34.1 Å².